The molecule has 0 unspecified atom stereocenters. The second-order valence-corrected chi connectivity index (χ2v) is 6.26. The van der Waals surface area contributed by atoms with E-state index in [2.05, 4.69) is 26.2 Å². The molecule has 20 heavy (non-hydrogen) atoms. The number of amides is 1. The van der Waals surface area contributed by atoms with Crippen molar-refractivity contribution in [3.63, 3.8) is 0 Å². The minimum atomic E-state index is -0.00363. The summed E-state index contributed by atoms with van der Waals surface area (Å²) < 4.78 is 1.05. The minimum Gasteiger partial charge on any atom is -0.370 e. The number of pyridine rings is 1. The van der Waals surface area contributed by atoms with Gasteiger partial charge in [-0.25, -0.2) is 4.98 Å². The number of hydrogen-bond acceptors (Lipinski definition) is 4. The second kappa shape index (κ2) is 6.85. The fraction of sp³-hybridized carbons (Fsp3) is 0.286. The standard InChI is InChI=1S/C14H16BrN3OS/c1-3-16-13-6-10(4-5-17-13)14(19)18(2)8-12-7-11(15)9-20-12/h4-7,9H,3,8H2,1-2H3,(H,16,17). The number of carbonyl (C=O) groups excluding carboxylic acids is 1. The van der Waals surface area contributed by atoms with Gasteiger partial charge in [-0.15, -0.1) is 11.3 Å². The van der Waals surface area contributed by atoms with Crippen molar-refractivity contribution in [2.45, 2.75) is 13.5 Å². The summed E-state index contributed by atoms with van der Waals surface area (Å²) in [5.41, 5.74) is 0.647. The highest BCUT2D eigenvalue weighted by molar-refractivity contribution is 9.10. The minimum absolute atomic E-state index is 0.00363. The number of aromatic nitrogens is 1. The maximum atomic E-state index is 12.4. The topological polar surface area (TPSA) is 45.2 Å². The second-order valence-electron chi connectivity index (χ2n) is 4.35. The highest BCUT2D eigenvalue weighted by Gasteiger charge is 2.13. The zero-order valence-corrected chi connectivity index (χ0v) is 13.8. The molecule has 0 aliphatic carbocycles. The Labute approximate surface area is 131 Å². The Morgan fingerprint density at radius 2 is 2.30 bits per heavy atom. The number of thiophene rings is 1. The molecule has 0 bridgehead atoms. The van der Waals surface area contributed by atoms with Crippen molar-refractivity contribution < 1.29 is 4.79 Å². The number of rotatable bonds is 5. The molecule has 0 radical (unpaired) electrons. The Morgan fingerprint density at radius 3 is 2.95 bits per heavy atom. The van der Waals surface area contributed by atoms with Crippen LogP contribution in [0.1, 0.15) is 22.2 Å². The summed E-state index contributed by atoms with van der Waals surface area (Å²) in [5.74, 6) is 0.724. The van der Waals surface area contributed by atoms with Crippen molar-refractivity contribution in [3.05, 3.63) is 44.7 Å². The lowest BCUT2D eigenvalue weighted by Gasteiger charge is -2.16. The molecule has 2 aromatic rings. The van der Waals surface area contributed by atoms with Gasteiger partial charge in [-0.05, 0) is 41.1 Å². The van der Waals surface area contributed by atoms with E-state index in [0.717, 1.165) is 21.7 Å². The van der Waals surface area contributed by atoms with Crippen molar-refractivity contribution >= 4 is 39.0 Å². The van der Waals surface area contributed by atoms with Crippen molar-refractivity contribution in [2.75, 3.05) is 18.9 Å². The van der Waals surface area contributed by atoms with Gasteiger partial charge in [0.25, 0.3) is 5.91 Å². The lowest BCUT2D eigenvalue weighted by molar-refractivity contribution is 0.0786. The van der Waals surface area contributed by atoms with E-state index in [0.29, 0.717) is 12.1 Å². The van der Waals surface area contributed by atoms with Crippen LogP contribution in [0.15, 0.2) is 34.2 Å². The van der Waals surface area contributed by atoms with E-state index >= 15 is 0 Å². The summed E-state index contributed by atoms with van der Waals surface area (Å²) in [6, 6.07) is 5.56. The molecule has 1 N–H and O–H groups in total. The van der Waals surface area contributed by atoms with E-state index in [1.165, 1.54) is 0 Å². The largest absolute Gasteiger partial charge is 0.370 e. The van der Waals surface area contributed by atoms with Crippen molar-refractivity contribution in [1.29, 1.82) is 0 Å². The smallest absolute Gasteiger partial charge is 0.254 e. The number of nitrogens with zero attached hydrogens (tertiary/aromatic N) is 2. The van der Waals surface area contributed by atoms with Gasteiger partial charge in [0.1, 0.15) is 5.82 Å². The van der Waals surface area contributed by atoms with Crippen LogP contribution in [0.3, 0.4) is 0 Å². The highest BCUT2D eigenvalue weighted by atomic mass is 79.9. The monoisotopic (exact) mass is 353 g/mol. The van der Waals surface area contributed by atoms with Crippen molar-refractivity contribution in [1.82, 2.24) is 9.88 Å². The average molecular weight is 354 g/mol. The third-order valence-corrected chi connectivity index (χ3v) is 4.41. The van der Waals surface area contributed by atoms with E-state index in [1.54, 1.807) is 34.6 Å². The van der Waals surface area contributed by atoms with Gasteiger partial charge in [0.2, 0.25) is 0 Å². The fourth-order valence-corrected chi connectivity index (χ4v) is 3.31. The van der Waals surface area contributed by atoms with E-state index in [1.807, 2.05) is 25.4 Å². The van der Waals surface area contributed by atoms with Gasteiger partial charge >= 0.3 is 0 Å². The zero-order chi connectivity index (χ0) is 14.5. The maximum absolute atomic E-state index is 12.4. The summed E-state index contributed by atoms with van der Waals surface area (Å²) >= 11 is 5.06. The normalized spacial score (nSPS) is 10.3. The molecule has 1 amide bonds. The van der Waals surface area contributed by atoms with Gasteiger partial charge in [0.15, 0.2) is 0 Å². The lowest BCUT2D eigenvalue weighted by atomic mass is 10.2. The molecule has 0 saturated heterocycles. The first-order chi connectivity index (χ1) is 9.60. The number of nitrogens with one attached hydrogen (secondary N) is 1. The Kier molecular flexibility index (Phi) is 5.14. The van der Waals surface area contributed by atoms with Gasteiger partial charge in [0, 0.05) is 40.1 Å². The lowest BCUT2D eigenvalue weighted by Crippen LogP contribution is -2.25. The van der Waals surface area contributed by atoms with E-state index < -0.39 is 0 Å². The summed E-state index contributed by atoms with van der Waals surface area (Å²) in [5, 5.41) is 5.13. The molecular weight excluding hydrogens is 338 g/mol. The van der Waals surface area contributed by atoms with Gasteiger partial charge < -0.3 is 10.2 Å². The molecule has 2 heterocycles. The van der Waals surface area contributed by atoms with Crippen LogP contribution in [0.5, 0.6) is 0 Å². The summed E-state index contributed by atoms with van der Waals surface area (Å²) in [4.78, 5) is 19.4. The highest BCUT2D eigenvalue weighted by Crippen LogP contribution is 2.21. The number of halogens is 1. The summed E-state index contributed by atoms with van der Waals surface area (Å²) in [7, 11) is 1.81. The Balaban J connectivity index is 2.07. The predicted molar refractivity (Wildman–Crippen MR) is 86.2 cm³/mol. The molecule has 6 heteroatoms. The Morgan fingerprint density at radius 1 is 1.50 bits per heavy atom. The Hall–Kier alpha value is -1.40. The first-order valence-corrected chi connectivity index (χ1v) is 7.95. The first kappa shape index (κ1) is 15.0. The zero-order valence-electron chi connectivity index (χ0n) is 11.4. The molecule has 0 aliphatic rings. The molecule has 0 aromatic carbocycles. The molecule has 0 spiro atoms. The predicted octanol–water partition coefficient (Wildman–Crippen LogP) is 3.61. The van der Waals surface area contributed by atoms with Crippen LogP contribution in [0.2, 0.25) is 0 Å². The van der Waals surface area contributed by atoms with Crippen LogP contribution in [0.4, 0.5) is 5.82 Å². The first-order valence-electron chi connectivity index (χ1n) is 6.28. The van der Waals surface area contributed by atoms with Crippen LogP contribution in [-0.4, -0.2) is 29.4 Å². The number of hydrogen-bond donors (Lipinski definition) is 1. The molecule has 4 nitrogen and oxygen atoms in total. The maximum Gasteiger partial charge on any atom is 0.254 e. The van der Waals surface area contributed by atoms with Crippen LogP contribution in [0.25, 0.3) is 0 Å². The van der Waals surface area contributed by atoms with Gasteiger partial charge in [-0.3, -0.25) is 4.79 Å². The SMILES string of the molecule is CCNc1cc(C(=O)N(C)Cc2cc(Br)cs2)ccn1. The molecule has 106 valence electrons. The summed E-state index contributed by atoms with van der Waals surface area (Å²) in [6.45, 7) is 3.38. The summed E-state index contributed by atoms with van der Waals surface area (Å²) in [6.07, 6.45) is 1.65. The third-order valence-electron chi connectivity index (χ3n) is 2.73. The number of anilines is 1. The Bertz CT molecular complexity index is 600. The van der Waals surface area contributed by atoms with Crippen LogP contribution < -0.4 is 5.32 Å². The fourth-order valence-electron chi connectivity index (χ4n) is 1.80. The van der Waals surface area contributed by atoms with Crippen LogP contribution in [-0.2, 0) is 6.54 Å². The molecule has 0 aliphatic heterocycles. The average Bonchev–Trinajstić information content (AvgIpc) is 2.84. The molecule has 2 rings (SSSR count). The quantitative estimate of drug-likeness (QED) is 0.892. The van der Waals surface area contributed by atoms with Gasteiger partial charge in [-0.1, -0.05) is 0 Å². The molecular formula is C14H16BrN3OS. The van der Waals surface area contributed by atoms with Crippen LogP contribution >= 0.6 is 27.3 Å². The van der Waals surface area contributed by atoms with Crippen molar-refractivity contribution in [3.8, 4) is 0 Å². The molecule has 0 fully saturated rings. The van der Waals surface area contributed by atoms with E-state index in [9.17, 15) is 4.79 Å². The number of carbonyl (C=O) groups is 1. The molecule has 0 atom stereocenters. The van der Waals surface area contributed by atoms with Gasteiger partial charge in [0.05, 0.1) is 6.54 Å². The van der Waals surface area contributed by atoms with E-state index in [4.69, 9.17) is 0 Å². The molecule has 2 aromatic heterocycles. The van der Waals surface area contributed by atoms with E-state index in [-0.39, 0.29) is 5.91 Å². The van der Waals surface area contributed by atoms with Crippen molar-refractivity contribution in [2.24, 2.45) is 0 Å². The van der Waals surface area contributed by atoms with Crippen LogP contribution in [0, 0.1) is 0 Å². The molecule has 0 saturated carbocycles. The van der Waals surface area contributed by atoms with Gasteiger partial charge in [-0.2, -0.15) is 0 Å². The third kappa shape index (κ3) is 3.80.